The van der Waals surface area contributed by atoms with Crippen LogP contribution in [0.4, 0.5) is 10.2 Å². The van der Waals surface area contributed by atoms with Gasteiger partial charge in [-0.25, -0.2) is 9.37 Å². The van der Waals surface area contributed by atoms with Crippen molar-refractivity contribution in [1.29, 1.82) is 0 Å². The average Bonchev–Trinajstić information content (AvgIpc) is 3.28. The van der Waals surface area contributed by atoms with Crippen LogP contribution in [0.25, 0.3) is 16.6 Å². The molecule has 1 amide bonds. The molecular formula is C24H23FN4O. The summed E-state index contributed by atoms with van der Waals surface area (Å²) in [5.74, 6) is 0.438. The molecule has 3 heterocycles. The largest absolute Gasteiger partial charge is 0.354 e. The van der Waals surface area contributed by atoms with Gasteiger partial charge in [0.1, 0.15) is 5.82 Å². The van der Waals surface area contributed by atoms with Crippen molar-refractivity contribution in [3.63, 3.8) is 0 Å². The monoisotopic (exact) mass is 402 g/mol. The summed E-state index contributed by atoms with van der Waals surface area (Å²) in [5.41, 5.74) is 3.55. The third-order valence-electron chi connectivity index (χ3n) is 5.85. The Hall–Kier alpha value is -3.41. The lowest BCUT2D eigenvalue weighted by atomic mass is 9.97. The Bertz CT molecular complexity index is 1220. The van der Waals surface area contributed by atoms with E-state index >= 15 is 0 Å². The lowest BCUT2D eigenvalue weighted by Gasteiger charge is -2.33. The molecule has 0 spiro atoms. The molecule has 0 bridgehead atoms. The van der Waals surface area contributed by atoms with Gasteiger partial charge in [0.25, 0.3) is 0 Å². The molecule has 2 aromatic heterocycles. The summed E-state index contributed by atoms with van der Waals surface area (Å²) in [6, 6.07) is 18.7. The van der Waals surface area contributed by atoms with Crippen LogP contribution in [0.2, 0.25) is 0 Å². The van der Waals surface area contributed by atoms with Crippen molar-refractivity contribution in [2.75, 3.05) is 18.0 Å². The normalized spacial score (nSPS) is 16.8. The maximum atomic E-state index is 13.8. The SMILES string of the molecule is O=C(NCc1ccccc1F)C1CCCN(c2nc3ccccc3n3cccc23)C1. The maximum Gasteiger partial charge on any atom is 0.225 e. The number of nitrogens with one attached hydrogen (secondary N) is 1. The van der Waals surface area contributed by atoms with Crippen molar-refractivity contribution in [1.82, 2.24) is 14.7 Å². The summed E-state index contributed by atoms with van der Waals surface area (Å²) >= 11 is 0. The van der Waals surface area contributed by atoms with E-state index in [4.69, 9.17) is 4.98 Å². The van der Waals surface area contributed by atoms with Crippen molar-refractivity contribution < 1.29 is 9.18 Å². The number of rotatable bonds is 4. The summed E-state index contributed by atoms with van der Waals surface area (Å²) in [6.45, 7) is 1.68. The zero-order chi connectivity index (χ0) is 20.5. The number of aromatic nitrogens is 2. The smallest absolute Gasteiger partial charge is 0.225 e. The first-order valence-electron chi connectivity index (χ1n) is 10.3. The van der Waals surface area contributed by atoms with Gasteiger partial charge < -0.3 is 14.6 Å². The van der Waals surface area contributed by atoms with Crippen LogP contribution in [-0.2, 0) is 11.3 Å². The van der Waals surface area contributed by atoms with Gasteiger partial charge in [-0.05, 0) is 43.2 Å². The molecule has 1 saturated heterocycles. The van der Waals surface area contributed by atoms with E-state index in [1.165, 1.54) is 6.07 Å². The number of carbonyl (C=O) groups excluding carboxylic acids is 1. The first kappa shape index (κ1) is 18.6. The number of para-hydroxylation sites is 2. The molecule has 4 aromatic rings. The van der Waals surface area contributed by atoms with E-state index in [2.05, 4.69) is 26.8 Å². The van der Waals surface area contributed by atoms with Crippen LogP contribution in [0.5, 0.6) is 0 Å². The molecule has 1 unspecified atom stereocenters. The number of piperidine rings is 1. The van der Waals surface area contributed by atoms with Gasteiger partial charge in [-0.3, -0.25) is 4.79 Å². The summed E-state index contributed by atoms with van der Waals surface area (Å²) < 4.78 is 16.0. The standard InChI is InChI=1S/C24H23FN4O/c25-19-9-2-1-7-17(19)15-26-24(30)18-8-5-13-28(16-18)23-22-12-6-14-29(22)21-11-4-3-10-20(21)27-23/h1-4,6-7,9-12,14,18H,5,8,13,15-16H2,(H,26,30). The maximum absolute atomic E-state index is 13.8. The van der Waals surface area contributed by atoms with Gasteiger partial charge in [-0.15, -0.1) is 0 Å². The van der Waals surface area contributed by atoms with E-state index < -0.39 is 0 Å². The lowest BCUT2D eigenvalue weighted by molar-refractivity contribution is -0.125. The van der Waals surface area contributed by atoms with Crippen LogP contribution in [0.1, 0.15) is 18.4 Å². The molecule has 6 heteroatoms. The number of nitrogens with zero attached hydrogens (tertiary/aromatic N) is 3. The van der Waals surface area contributed by atoms with Gasteiger partial charge in [0.15, 0.2) is 5.82 Å². The second-order valence-electron chi connectivity index (χ2n) is 7.78. The number of hydrogen-bond donors (Lipinski definition) is 1. The zero-order valence-electron chi connectivity index (χ0n) is 16.6. The Morgan fingerprint density at radius 2 is 1.87 bits per heavy atom. The Morgan fingerprint density at radius 1 is 1.07 bits per heavy atom. The van der Waals surface area contributed by atoms with Crippen molar-refractivity contribution in [3.8, 4) is 0 Å². The second-order valence-corrected chi connectivity index (χ2v) is 7.78. The van der Waals surface area contributed by atoms with E-state index in [1.807, 2.05) is 30.5 Å². The molecule has 5 nitrogen and oxygen atoms in total. The second kappa shape index (κ2) is 7.78. The predicted molar refractivity (Wildman–Crippen MR) is 116 cm³/mol. The molecule has 1 aliphatic rings. The summed E-state index contributed by atoms with van der Waals surface area (Å²) in [5, 5.41) is 2.91. The van der Waals surface area contributed by atoms with Crippen molar-refractivity contribution in [3.05, 3.63) is 78.2 Å². The molecule has 1 N–H and O–H groups in total. The van der Waals surface area contributed by atoms with Crippen molar-refractivity contribution in [2.45, 2.75) is 19.4 Å². The Morgan fingerprint density at radius 3 is 2.77 bits per heavy atom. The van der Waals surface area contributed by atoms with E-state index in [9.17, 15) is 9.18 Å². The highest BCUT2D eigenvalue weighted by Crippen LogP contribution is 2.29. The van der Waals surface area contributed by atoms with Crippen LogP contribution in [0, 0.1) is 11.7 Å². The van der Waals surface area contributed by atoms with Crippen LogP contribution in [0.3, 0.4) is 0 Å². The minimum atomic E-state index is -0.293. The zero-order valence-corrected chi connectivity index (χ0v) is 16.6. The molecule has 1 fully saturated rings. The number of carbonyl (C=O) groups is 1. The molecule has 0 aliphatic carbocycles. The fourth-order valence-corrected chi connectivity index (χ4v) is 4.29. The first-order valence-corrected chi connectivity index (χ1v) is 10.3. The summed E-state index contributed by atoms with van der Waals surface area (Å²) in [7, 11) is 0. The lowest BCUT2D eigenvalue weighted by Crippen LogP contribution is -2.43. The van der Waals surface area contributed by atoms with Gasteiger partial charge in [0, 0.05) is 31.4 Å². The Labute approximate surface area is 174 Å². The third kappa shape index (κ3) is 3.38. The van der Waals surface area contributed by atoms with Crippen molar-refractivity contribution >= 4 is 28.3 Å². The first-order chi connectivity index (χ1) is 14.7. The molecule has 1 atom stereocenters. The Kier molecular flexibility index (Phi) is 4.83. The van der Waals surface area contributed by atoms with Gasteiger partial charge >= 0.3 is 0 Å². The van der Waals surface area contributed by atoms with Gasteiger partial charge in [-0.1, -0.05) is 30.3 Å². The van der Waals surface area contributed by atoms with E-state index in [0.29, 0.717) is 12.1 Å². The summed E-state index contributed by atoms with van der Waals surface area (Å²) in [4.78, 5) is 19.9. The molecule has 30 heavy (non-hydrogen) atoms. The number of amides is 1. The fraction of sp³-hybridized carbons (Fsp3) is 0.250. The minimum Gasteiger partial charge on any atom is -0.354 e. The average molecular weight is 402 g/mol. The topological polar surface area (TPSA) is 49.6 Å². The van der Waals surface area contributed by atoms with Crippen molar-refractivity contribution in [2.24, 2.45) is 5.92 Å². The minimum absolute atomic E-state index is 0.0323. The van der Waals surface area contributed by atoms with E-state index in [1.54, 1.807) is 18.2 Å². The highest BCUT2D eigenvalue weighted by Gasteiger charge is 2.28. The fourth-order valence-electron chi connectivity index (χ4n) is 4.29. The third-order valence-corrected chi connectivity index (χ3v) is 5.85. The van der Waals surface area contributed by atoms with E-state index in [-0.39, 0.29) is 24.2 Å². The van der Waals surface area contributed by atoms with Gasteiger partial charge in [0.2, 0.25) is 5.91 Å². The highest BCUT2D eigenvalue weighted by molar-refractivity contribution is 5.86. The molecule has 5 rings (SSSR count). The number of anilines is 1. The Balaban J connectivity index is 1.37. The number of benzene rings is 2. The predicted octanol–water partition coefficient (Wildman–Crippen LogP) is 4.16. The molecular weight excluding hydrogens is 379 g/mol. The quantitative estimate of drug-likeness (QED) is 0.558. The van der Waals surface area contributed by atoms with Crippen LogP contribution < -0.4 is 10.2 Å². The summed E-state index contributed by atoms with van der Waals surface area (Å²) in [6.07, 6.45) is 3.79. The number of hydrogen-bond acceptors (Lipinski definition) is 3. The van der Waals surface area contributed by atoms with Crippen LogP contribution in [0.15, 0.2) is 66.9 Å². The van der Waals surface area contributed by atoms with Crippen LogP contribution in [-0.4, -0.2) is 28.4 Å². The van der Waals surface area contributed by atoms with Crippen LogP contribution >= 0.6 is 0 Å². The van der Waals surface area contributed by atoms with E-state index in [0.717, 1.165) is 41.8 Å². The number of fused-ring (bicyclic) bond motifs is 3. The molecule has 1 aliphatic heterocycles. The number of halogens is 1. The highest BCUT2D eigenvalue weighted by atomic mass is 19.1. The van der Waals surface area contributed by atoms with Gasteiger partial charge in [-0.2, -0.15) is 0 Å². The molecule has 2 aromatic carbocycles. The molecule has 0 radical (unpaired) electrons. The molecule has 152 valence electrons. The van der Waals surface area contributed by atoms with Gasteiger partial charge in [0.05, 0.1) is 22.5 Å². The molecule has 0 saturated carbocycles.